The third kappa shape index (κ3) is 2.89. The normalized spacial score (nSPS) is 16.2. The van der Waals surface area contributed by atoms with Crippen molar-refractivity contribution in [1.82, 2.24) is 19.7 Å². The van der Waals surface area contributed by atoms with Gasteiger partial charge in [0.2, 0.25) is 5.91 Å². The van der Waals surface area contributed by atoms with Gasteiger partial charge in [-0.25, -0.2) is 9.89 Å². The van der Waals surface area contributed by atoms with E-state index in [-0.39, 0.29) is 17.3 Å². The number of thioether (sulfide) groups is 1. The fraction of sp³-hybridized carbons (Fsp3) is 0.667. The predicted octanol–water partition coefficient (Wildman–Crippen LogP) is -0.941. The highest BCUT2D eigenvalue weighted by Crippen LogP contribution is 2.13. The maximum Gasteiger partial charge on any atom is 0.343 e. The zero-order valence-electron chi connectivity index (χ0n) is 9.51. The topological polar surface area (TPSA) is 80.2 Å². The summed E-state index contributed by atoms with van der Waals surface area (Å²) in [6, 6.07) is 0. The van der Waals surface area contributed by atoms with Crippen LogP contribution in [0.15, 0.2) is 9.95 Å². The summed E-state index contributed by atoms with van der Waals surface area (Å²) >= 11 is 1.26. The summed E-state index contributed by atoms with van der Waals surface area (Å²) in [5.41, 5.74) is -0.272. The first-order valence-corrected chi connectivity index (χ1v) is 6.27. The fourth-order valence-electron chi connectivity index (χ4n) is 1.49. The average Bonchev–Trinajstić information content (AvgIpc) is 2.68. The highest BCUT2D eigenvalue weighted by molar-refractivity contribution is 7.99. The molecule has 2 rings (SSSR count). The van der Waals surface area contributed by atoms with Crippen molar-refractivity contribution in [2.24, 2.45) is 7.05 Å². The van der Waals surface area contributed by atoms with Crippen LogP contribution in [0.4, 0.5) is 0 Å². The van der Waals surface area contributed by atoms with Crippen LogP contribution in [0.5, 0.6) is 0 Å². The van der Waals surface area contributed by atoms with Crippen molar-refractivity contribution in [3.63, 3.8) is 0 Å². The number of aromatic amines is 1. The first kappa shape index (κ1) is 12.2. The summed E-state index contributed by atoms with van der Waals surface area (Å²) < 4.78 is 6.56. The molecule has 1 N–H and O–H groups in total. The van der Waals surface area contributed by atoms with Gasteiger partial charge in [0.25, 0.3) is 0 Å². The van der Waals surface area contributed by atoms with E-state index in [1.54, 1.807) is 11.9 Å². The van der Waals surface area contributed by atoms with Crippen LogP contribution >= 0.6 is 11.8 Å². The highest BCUT2D eigenvalue weighted by Gasteiger charge is 2.17. The van der Waals surface area contributed by atoms with Gasteiger partial charge in [-0.3, -0.25) is 9.36 Å². The quantitative estimate of drug-likeness (QED) is 0.708. The van der Waals surface area contributed by atoms with E-state index in [9.17, 15) is 9.59 Å². The Morgan fingerprint density at radius 1 is 1.53 bits per heavy atom. The number of nitrogens with one attached hydrogen (secondary N) is 1. The number of rotatable bonds is 3. The number of hydrogen-bond donors (Lipinski definition) is 1. The van der Waals surface area contributed by atoms with E-state index in [1.165, 1.54) is 16.3 Å². The number of aromatic nitrogens is 3. The Bertz CT molecular complexity index is 449. The van der Waals surface area contributed by atoms with Gasteiger partial charge >= 0.3 is 5.69 Å². The second kappa shape index (κ2) is 5.37. The molecule has 0 radical (unpaired) electrons. The van der Waals surface area contributed by atoms with Crippen molar-refractivity contribution in [2.45, 2.75) is 5.16 Å². The summed E-state index contributed by atoms with van der Waals surface area (Å²) in [5.74, 6) is 0.340. The standard InChI is InChI=1S/C9H14N4O3S/c1-12-8(15)10-11-9(12)17-6-7(14)13-2-4-16-5-3-13/h2-6H2,1H3,(H,10,15). The molecule has 1 fully saturated rings. The molecule has 0 aliphatic carbocycles. The first-order chi connectivity index (χ1) is 8.18. The molecule has 2 heterocycles. The third-order valence-electron chi connectivity index (χ3n) is 2.53. The van der Waals surface area contributed by atoms with Gasteiger partial charge in [0.15, 0.2) is 5.16 Å². The molecule has 8 heteroatoms. The van der Waals surface area contributed by atoms with Gasteiger partial charge in [-0.05, 0) is 0 Å². The summed E-state index contributed by atoms with van der Waals surface area (Å²) in [6.45, 7) is 2.46. The lowest BCUT2D eigenvalue weighted by Gasteiger charge is -2.26. The van der Waals surface area contributed by atoms with Gasteiger partial charge < -0.3 is 9.64 Å². The molecule has 1 aromatic heterocycles. The molecule has 0 bridgehead atoms. The molecule has 0 aromatic carbocycles. The summed E-state index contributed by atoms with van der Waals surface area (Å²) in [6.07, 6.45) is 0. The minimum atomic E-state index is -0.272. The fourth-order valence-corrected chi connectivity index (χ4v) is 2.31. The molecule has 0 unspecified atom stereocenters. The van der Waals surface area contributed by atoms with Gasteiger partial charge in [-0.2, -0.15) is 0 Å². The molecule has 94 valence electrons. The number of nitrogens with zero attached hydrogens (tertiary/aromatic N) is 3. The first-order valence-electron chi connectivity index (χ1n) is 5.28. The predicted molar refractivity (Wildman–Crippen MR) is 62.0 cm³/mol. The molecular formula is C9H14N4O3S. The summed E-state index contributed by atoms with van der Waals surface area (Å²) in [5, 5.41) is 6.68. The van der Waals surface area contributed by atoms with Crippen molar-refractivity contribution in [1.29, 1.82) is 0 Å². The molecule has 17 heavy (non-hydrogen) atoms. The lowest BCUT2D eigenvalue weighted by molar-refractivity contribution is -0.132. The maximum absolute atomic E-state index is 11.8. The molecule has 0 atom stereocenters. The Hall–Kier alpha value is -1.28. The van der Waals surface area contributed by atoms with Crippen molar-refractivity contribution < 1.29 is 9.53 Å². The van der Waals surface area contributed by atoms with E-state index in [0.717, 1.165) is 0 Å². The van der Waals surface area contributed by atoms with Gasteiger partial charge in [0, 0.05) is 20.1 Å². The van der Waals surface area contributed by atoms with E-state index in [4.69, 9.17) is 4.74 Å². The number of ether oxygens (including phenoxy) is 1. The molecule has 1 saturated heterocycles. The largest absolute Gasteiger partial charge is 0.378 e. The monoisotopic (exact) mass is 258 g/mol. The van der Waals surface area contributed by atoms with E-state index in [0.29, 0.717) is 31.5 Å². The summed E-state index contributed by atoms with van der Waals surface area (Å²) in [7, 11) is 1.62. The minimum Gasteiger partial charge on any atom is -0.378 e. The van der Waals surface area contributed by atoms with Crippen LogP contribution in [0.25, 0.3) is 0 Å². The number of hydrogen-bond acceptors (Lipinski definition) is 5. The van der Waals surface area contributed by atoms with Crippen molar-refractivity contribution in [3.8, 4) is 0 Å². The molecule has 1 amide bonds. The number of H-pyrrole nitrogens is 1. The van der Waals surface area contributed by atoms with Crippen molar-refractivity contribution >= 4 is 17.7 Å². The Balaban J connectivity index is 1.87. The highest BCUT2D eigenvalue weighted by atomic mass is 32.2. The lowest BCUT2D eigenvalue weighted by Crippen LogP contribution is -2.41. The van der Waals surface area contributed by atoms with Gasteiger partial charge in [0.1, 0.15) is 0 Å². The van der Waals surface area contributed by atoms with Crippen LogP contribution < -0.4 is 5.69 Å². The second-order valence-electron chi connectivity index (χ2n) is 3.65. The van der Waals surface area contributed by atoms with Gasteiger partial charge in [-0.1, -0.05) is 11.8 Å². The minimum absolute atomic E-state index is 0.0498. The summed E-state index contributed by atoms with van der Waals surface area (Å²) in [4.78, 5) is 24.7. The number of carbonyl (C=O) groups is 1. The van der Waals surface area contributed by atoms with Crippen LogP contribution in [0.1, 0.15) is 0 Å². The van der Waals surface area contributed by atoms with E-state index in [2.05, 4.69) is 10.2 Å². The molecule has 0 saturated carbocycles. The second-order valence-corrected chi connectivity index (χ2v) is 4.59. The third-order valence-corrected chi connectivity index (χ3v) is 3.54. The molecular weight excluding hydrogens is 244 g/mol. The van der Waals surface area contributed by atoms with Gasteiger partial charge in [-0.15, -0.1) is 5.10 Å². The number of morpholine rings is 1. The molecule has 1 aliphatic rings. The van der Waals surface area contributed by atoms with Crippen LogP contribution in [0.2, 0.25) is 0 Å². The Morgan fingerprint density at radius 3 is 2.82 bits per heavy atom. The van der Waals surface area contributed by atoms with Crippen LogP contribution in [0.3, 0.4) is 0 Å². The smallest absolute Gasteiger partial charge is 0.343 e. The van der Waals surface area contributed by atoms with Gasteiger partial charge in [0.05, 0.1) is 19.0 Å². The molecule has 1 aromatic rings. The zero-order valence-corrected chi connectivity index (χ0v) is 10.3. The molecule has 1 aliphatic heterocycles. The SMILES string of the molecule is Cn1c(SCC(=O)N2CCOCC2)n[nH]c1=O. The lowest BCUT2D eigenvalue weighted by atomic mass is 10.4. The Kier molecular flexibility index (Phi) is 3.85. The van der Waals surface area contributed by atoms with Crippen molar-refractivity contribution in [2.75, 3.05) is 32.1 Å². The van der Waals surface area contributed by atoms with E-state index in [1.807, 2.05) is 0 Å². The Morgan fingerprint density at radius 2 is 2.24 bits per heavy atom. The number of carbonyl (C=O) groups excluding carboxylic acids is 1. The van der Waals surface area contributed by atoms with E-state index >= 15 is 0 Å². The van der Waals surface area contributed by atoms with E-state index < -0.39 is 0 Å². The zero-order chi connectivity index (χ0) is 12.3. The van der Waals surface area contributed by atoms with Crippen LogP contribution in [-0.4, -0.2) is 57.6 Å². The maximum atomic E-state index is 11.8. The van der Waals surface area contributed by atoms with Crippen LogP contribution in [0, 0.1) is 0 Å². The van der Waals surface area contributed by atoms with Crippen molar-refractivity contribution in [3.05, 3.63) is 10.5 Å². The number of amides is 1. The van der Waals surface area contributed by atoms with Crippen LogP contribution in [-0.2, 0) is 16.6 Å². The molecule has 7 nitrogen and oxygen atoms in total. The Labute approximate surface area is 102 Å². The molecule has 0 spiro atoms. The average molecular weight is 258 g/mol.